The summed E-state index contributed by atoms with van der Waals surface area (Å²) in [6.07, 6.45) is 0. The number of anilines is 1. The van der Waals surface area contributed by atoms with Gasteiger partial charge in [-0.3, -0.25) is 9.59 Å². The maximum atomic E-state index is 12.7. The maximum Gasteiger partial charge on any atom is 0.342 e. The summed E-state index contributed by atoms with van der Waals surface area (Å²) < 4.78 is 11.1. The van der Waals surface area contributed by atoms with Gasteiger partial charge in [-0.2, -0.15) is 0 Å². The summed E-state index contributed by atoms with van der Waals surface area (Å²) in [4.78, 5) is 38.8. The number of rotatable bonds is 9. The van der Waals surface area contributed by atoms with E-state index < -0.39 is 18.5 Å². The zero-order valence-electron chi connectivity index (χ0n) is 20.5. The molecule has 0 heterocycles. The van der Waals surface area contributed by atoms with Crippen LogP contribution < -0.4 is 10.1 Å². The zero-order chi connectivity index (χ0) is 25.4. The smallest absolute Gasteiger partial charge is 0.342 e. The van der Waals surface area contributed by atoms with Crippen LogP contribution in [0.5, 0.6) is 5.75 Å². The first-order valence-electron chi connectivity index (χ1n) is 11.3. The van der Waals surface area contributed by atoms with Gasteiger partial charge in [0.05, 0.1) is 6.54 Å². The van der Waals surface area contributed by atoms with Crippen LogP contribution in [-0.2, 0) is 20.9 Å². The minimum absolute atomic E-state index is 0.166. The van der Waals surface area contributed by atoms with Crippen molar-refractivity contribution in [2.75, 3.05) is 25.5 Å². The molecule has 3 aromatic rings. The van der Waals surface area contributed by atoms with Gasteiger partial charge in [-0.1, -0.05) is 54.6 Å². The molecule has 0 radical (unpaired) electrons. The zero-order valence-corrected chi connectivity index (χ0v) is 20.5. The summed E-state index contributed by atoms with van der Waals surface area (Å²) in [6, 6.07) is 20.3. The third-order valence-electron chi connectivity index (χ3n) is 5.63. The van der Waals surface area contributed by atoms with Crippen molar-refractivity contribution < 1.29 is 23.9 Å². The molecule has 0 unspecified atom stereocenters. The number of carbonyl (C=O) groups is 3. The molecular formula is C28H30N2O5. The van der Waals surface area contributed by atoms with Crippen molar-refractivity contribution in [1.29, 1.82) is 0 Å². The van der Waals surface area contributed by atoms with Crippen LogP contribution in [0.3, 0.4) is 0 Å². The minimum Gasteiger partial charge on any atom is -0.488 e. The first-order valence-corrected chi connectivity index (χ1v) is 11.3. The molecule has 2 amide bonds. The number of likely N-dealkylation sites (N-methyl/N-ethyl adjacent to an activating group) is 1. The monoisotopic (exact) mass is 474 g/mol. The van der Waals surface area contributed by atoms with Crippen LogP contribution in [0.1, 0.15) is 32.6 Å². The minimum atomic E-state index is -0.674. The number of ether oxygens (including phenoxy) is 2. The molecule has 0 saturated carbocycles. The number of nitrogens with zero attached hydrogens (tertiary/aromatic N) is 1. The number of carbonyl (C=O) groups excluding carboxylic acids is 3. The predicted molar refractivity (Wildman–Crippen MR) is 134 cm³/mol. The number of nitrogens with one attached hydrogen (secondary N) is 1. The first kappa shape index (κ1) is 25.5. The molecule has 182 valence electrons. The summed E-state index contributed by atoms with van der Waals surface area (Å²) in [5.74, 6) is -1.13. The largest absolute Gasteiger partial charge is 0.488 e. The number of hydrogen-bond acceptors (Lipinski definition) is 5. The van der Waals surface area contributed by atoms with E-state index in [4.69, 9.17) is 9.47 Å². The Morgan fingerprint density at radius 3 is 2.17 bits per heavy atom. The number of amides is 2. The standard InChI is InChI=1S/C28H30N2O5/c1-19-10-5-6-13-22(19)17-34-24-15-8-7-14-23(24)28(33)35-18-26(32)30(4)16-25(31)29-27-20(2)11-9-12-21(27)3/h5-15H,16-18H2,1-4H3,(H,29,31). The fourth-order valence-corrected chi connectivity index (χ4v) is 3.50. The predicted octanol–water partition coefficient (Wildman–Crippen LogP) is 4.44. The van der Waals surface area contributed by atoms with Gasteiger partial charge in [-0.15, -0.1) is 0 Å². The summed E-state index contributed by atoms with van der Waals surface area (Å²) in [5.41, 5.74) is 4.92. The van der Waals surface area contributed by atoms with Crippen molar-refractivity contribution in [2.24, 2.45) is 0 Å². The lowest BCUT2D eigenvalue weighted by molar-refractivity contribution is -0.136. The van der Waals surface area contributed by atoms with Crippen LogP contribution in [0.2, 0.25) is 0 Å². The molecule has 0 spiro atoms. The number of esters is 1. The van der Waals surface area contributed by atoms with Crippen LogP contribution in [0.25, 0.3) is 0 Å². The summed E-state index contributed by atoms with van der Waals surface area (Å²) in [6.45, 7) is 5.44. The fourth-order valence-electron chi connectivity index (χ4n) is 3.50. The molecule has 0 saturated heterocycles. The lowest BCUT2D eigenvalue weighted by Gasteiger charge is -2.18. The molecule has 0 aromatic heterocycles. The third-order valence-corrected chi connectivity index (χ3v) is 5.63. The SMILES string of the molecule is Cc1ccccc1COc1ccccc1C(=O)OCC(=O)N(C)CC(=O)Nc1c(C)cccc1C. The molecule has 3 aromatic carbocycles. The summed E-state index contributed by atoms with van der Waals surface area (Å²) in [5, 5.41) is 2.84. The second-order valence-corrected chi connectivity index (χ2v) is 8.35. The molecule has 0 atom stereocenters. The molecule has 35 heavy (non-hydrogen) atoms. The van der Waals surface area contributed by atoms with E-state index in [1.165, 1.54) is 11.9 Å². The lowest BCUT2D eigenvalue weighted by atomic mass is 10.1. The Kier molecular flexibility index (Phi) is 8.62. The highest BCUT2D eigenvalue weighted by Gasteiger charge is 2.19. The highest BCUT2D eigenvalue weighted by molar-refractivity contribution is 5.97. The Hall–Kier alpha value is -4.13. The van der Waals surface area contributed by atoms with Crippen molar-refractivity contribution in [1.82, 2.24) is 4.90 Å². The Morgan fingerprint density at radius 2 is 1.46 bits per heavy atom. The summed E-state index contributed by atoms with van der Waals surface area (Å²) in [7, 11) is 1.49. The van der Waals surface area contributed by atoms with Crippen molar-refractivity contribution in [3.8, 4) is 5.75 Å². The Labute approximate surface area is 205 Å². The molecule has 0 fully saturated rings. The number of hydrogen-bond donors (Lipinski definition) is 1. The Bertz CT molecular complexity index is 1200. The molecule has 3 rings (SSSR count). The molecular weight excluding hydrogens is 444 g/mol. The average Bonchev–Trinajstić information content (AvgIpc) is 2.84. The quantitative estimate of drug-likeness (QED) is 0.464. The van der Waals surface area contributed by atoms with Gasteiger partial charge in [-0.25, -0.2) is 4.79 Å². The van der Waals surface area contributed by atoms with Crippen molar-refractivity contribution in [3.05, 3.63) is 94.5 Å². The van der Waals surface area contributed by atoms with Crippen molar-refractivity contribution in [3.63, 3.8) is 0 Å². The molecule has 0 aliphatic rings. The van der Waals surface area contributed by atoms with Crippen molar-refractivity contribution >= 4 is 23.5 Å². The topological polar surface area (TPSA) is 84.9 Å². The van der Waals surface area contributed by atoms with Gasteiger partial charge in [0.1, 0.15) is 17.9 Å². The molecule has 1 N–H and O–H groups in total. The second kappa shape index (κ2) is 11.8. The van der Waals surface area contributed by atoms with E-state index in [1.54, 1.807) is 24.3 Å². The Balaban J connectivity index is 1.54. The van der Waals surface area contributed by atoms with E-state index in [0.717, 1.165) is 27.9 Å². The van der Waals surface area contributed by atoms with Crippen molar-refractivity contribution in [2.45, 2.75) is 27.4 Å². The van der Waals surface area contributed by atoms with Gasteiger partial charge < -0.3 is 19.7 Å². The highest BCUT2D eigenvalue weighted by Crippen LogP contribution is 2.22. The third kappa shape index (κ3) is 6.93. The molecule has 0 aliphatic carbocycles. The number of aryl methyl sites for hydroxylation is 3. The van der Waals surface area contributed by atoms with E-state index in [0.29, 0.717) is 12.4 Å². The van der Waals surface area contributed by atoms with Gasteiger partial charge in [0.25, 0.3) is 5.91 Å². The van der Waals surface area contributed by atoms with E-state index in [2.05, 4.69) is 5.32 Å². The molecule has 7 heteroatoms. The van der Waals surface area contributed by atoms with Gasteiger partial charge in [0.15, 0.2) is 6.61 Å². The van der Waals surface area contributed by atoms with Crippen LogP contribution in [-0.4, -0.2) is 42.9 Å². The van der Waals surface area contributed by atoms with E-state index in [1.807, 2.05) is 63.2 Å². The summed E-state index contributed by atoms with van der Waals surface area (Å²) >= 11 is 0. The molecule has 0 bridgehead atoms. The number of benzene rings is 3. The van der Waals surface area contributed by atoms with Gasteiger partial charge in [0.2, 0.25) is 5.91 Å². The fraction of sp³-hybridized carbons (Fsp3) is 0.250. The van der Waals surface area contributed by atoms with E-state index in [9.17, 15) is 14.4 Å². The number of para-hydroxylation sites is 2. The van der Waals surface area contributed by atoms with E-state index >= 15 is 0 Å². The van der Waals surface area contributed by atoms with Gasteiger partial charge >= 0.3 is 5.97 Å². The lowest BCUT2D eigenvalue weighted by Crippen LogP contribution is -2.37. The normalized spacial score (nSPS) is 10.4. The van der Waals surface area contributed by atoms with Crippen LogP contribution in [0.4, 0.5) is 5.69 Å². The van der Waals surface area contributed by atoms with Crippen LogP contribution >= 0.6 is 0 Å². The highest BCUT2D eigenvalue weighted by atomic mass is 16.5. The van der Waals surface area contributed by atoms with E-state index in [-0.39, 0.29) is 18.0 Å². The first-order chi connectivity index (χ1) is 16.8. The van der Waals surface area contributed by atoms with Gasteiger partial charge in [0, 0.05) is 12.7 Å². The molecule has 0 aliphatic heterocycles. The van der Waals surface area contributed by atoms with Crippen LogP contribution in [0.15, 0.2) is 66.7 Å². The maximum absolute atomic E-state index is 12.7. The van der Waals surface area contributed by atoms with Crippen LogP contribution in [0, 0.1) is 20.8 Å². The second-order valence-electron chi connectivity index (χ2n) is 8.35. The van der Waals surface area contributed by atoms with Gasteiger partial charge in [-0.05, 0) is 55.2 Å². The average molecular weight is 475 g/mol. The Morgan fingerprint density at radius 1 is 0.829 bits per heavy atom. The molecule has 7 nitrogen and oxygen atoms in total.